The lowest BCUT2D eigenvalue weighted by molar-refractivity contribution is -0.138. The molecule has 1 saturated carbocycles. The Morgan fingerprint density at radius 3 is 1.55 bits per heavy atom. The quantitative estimate of drug-likeness (QED) is 0.0717. The molecule has 0 aromatic heterocycles. The van der Waals surface area contributed by atoms with E-state index >= 15 is 0 Å². The van der Waals surface area contributed by atoms with Crippen molar-refractivity contribution in [1.82, 2.24) is 0 Å². The highest BCUT2D eigenvalue weighted by Crippen LogP contribution is 2.45. The summed E-state index contributed by atoms with van der Waals surface area (Å²) < 4.78 is 11.4. The number of allylic oxidation sites excluding steroid dienone is 2. The maximum absolute atomic E-state index is 11.1. The van der Waals surface area contributed by atoms with Gasteiger partial charge in [0, 0.05) is 23.7 Å². The second kappa shape index (κ2) is 20.8. The highest BCUT2D eigenvalue weighted by molar-refractivity contribution is 8.24. The average molecular weight is 661 g/mol. The van der Waals surface area contributed by atoms with Gasteiger partial charge in [-0.2, -0.15) is 23.5 Å². The molecular weight excluding hydrogens is 617 g/mol. The molecule has 10 heteroatoms. The van der Waals surface area contributed by atoms with Crippen molar-refractivity contribution in [3.63, 3.8) is 0 Å². The van der Waals surface area contributed by atoms with E-state index in [1.165, 1.54) is 70.7 Å². The first-order valence-corrected chi connectivity index (χ1v) is 20.3. The SMILES string of the molecule is C=CC(=O)OCCCCC1=CSC(CSCC2CCC(CSCC3SC=C(CCCCOC(=O)C=C)S3)CC2)S1. The lowest BCUT2D eigenvalue weighted by atomic mass is 9.84. The van der Waals surface area contributed by atoms with Gasteiger partial charge in [0.05, 0.1) is 22.4 Å². The number of hydrogen-bond donors (Lipinski definition) is 0. The zero-order valence-electron chi connectivity index (χ0n) is 23.4. The van der Waals surface area contributed by atoms with E-state index in [4.69, 9.17) is 9.47 Å². The molecule has 224 valence electrons. The number of ether oxygens (including phenoxy) is 2. The molecule has 2 unspecified atom stereocenters. The van der Waals surface area contributed by atoms with Gasteiger partial charge in [0.1, 0.15) is 0 Å². The van der Waals surface area contributed by atoms with Crippen LogP contribution in [-0.4, -0.2) is 57.3 Å². The molecule has 0 radical (unpaired) electrons. The van der Waals surface area contributed by atoms with Crippen LogP contribution in [0.3, 0.4) is 0 Å². The predicted octanol–water partition coefficient (Wildman–Crippen LogP) is 9.35. The Morgan fingerprint density at radius 1 is 0.725 bits per heavy atom. The minimum atomic E-state index is -0.324. The molecule has 3 rings (SSSR count). The number of thioether (sulfide) groups is 6. The molecule has 0 spiro atoms. The molecule has 0 saturated heterocycles. The molecule has 3 aliphatic rings. The predicted molar refractivity (Wildman–Crippen MR) is 184 cm³/mol. The van der Waals surface area contributed by atoms with E-state index in [1.54, 1.807) is 0 Å². The van der Waals surface area contributed by atoms with E-state index in [0.29, 0.717) is 22.4 Å². The number of rotatable bonds is 20. The van der Waals surface area contributed by atoms with Crippen LogP contribution < -0.4 is 0 Å². The molecule has 0 N–H and O–H groups in total. The average Bonchev–Trinajstić information content (AvgIpc) is 3.62. The van der Waals surface area contributed by atoms with Crippen LogP contribution in [0.1, 0.15) is 64.2 Å². The van der Waals surface area contributed by atoms with E-state index in [-0.39, 0.29) is 11.9 Å². The van der Waals surface area contributed by atoms with Crippen molar-refractivity contribution >= 4 is 82.5 Å². The van der Waals surface area contributed by atoms with Crippen LogP contribution in [0, 0.1) is 11.8 Å². The zero-order valence-corrected chi connectivity index (χ0v) is 28.3. The molecule has 2 aliphatic heterocycles. The lowest BCUT2D eigenvalue weighted by Gasteiger charge is -2.28. The molecule has 0 bridgehead atoms. The monoisotopic (exact) mass is 660 g/mol. The summed E-state index contributed by atoms with van der Waals surface area (Å²) in [6.07, 6.45) is 14.2. The minimum absolute atomic E-state index is 0.324. The number of carbonyl (C=O) groups excluding carboxylic acids is 2. The molecule has 2 atom stereocenters. The fourth-order valence-electron chi connectivity index (χ4n) is 4.63. The van der Waals surface area contributed by atoms with Crippen molar-refractivity contribution in [1.29, 1.82) is 0 Å². The van der Waals surface area contributed by atoms with Gasteiger partial charge in [0.2, 0.25) is 0 Å². The maximum atomic E-state index is 11.1. The first-order chi connectivity index (χ1) is 19.6. The Balaban J connectivity index is 1.12. The number of esters is 2. The minimum Gasteiger partial charge on any atom is -0.463 e. The van der Waals surface area contributed by atoms with Gasteiger partial charge < -0.3 is 9.47 Å². The normalized spacial score (nSPS) is 24.3. The summed E-state index contributed by atoms with van der Waals surface area (Å²) >= 11 is 12.4. The summed E-state index contributed by atoms with van der Waals surface area (Å²) in [7, 11) is 0. The highest BCUT2D eigenvalue weighted by Gasteiger charge is 2.24. The van der Waals surface area contributed by atoms with Crippen LogP contribution in [0.2, 0.25) is 0 Å². The van der Waals surface area contributed by atoms with E-state index in [9.17, 15) is 9.59 Å². The van der Waals surface area contributed by atoms with E-state index in [2.05, 4.69) is 47.5 Å². The smallest absolute Gasteiger partial charge is 0.330 e. The molecule has 40 heavy (non-hydrogen) atoms. The number of unbranched alkanes of at least 4 members (excludes halogenated alkanes) is 2. The van der Waals surface area contributed by atoms with Crippen molar-refractivity contribution < 1.29 is 19.1 Å². The fourth-order valence-corrected chi connectivity index (χ4v) is 13.3. The Morgan fingerprint density at radius 2 is 1.15 bits per heavy atom. The van der Waals surface area contributed by atoms with Crippen LogP contribution >= 0.6 is 70.6 Å². The van der Waals surface area contributed by atoms with Gasteiger partial charge in [-0.05, 0) is 108 Å². The van der Waals surface area contributed by atoms with Gasteiger partial charge in [-0.25, -0.2) is 9.59 Å². The summed E-state index contributed by atoms with van der Waals surface area (Å²) in [6.45, 7) is 7.83. The topological polar surface area (TPSA) is 52.6 Å². The third-order valence-corrected chi connectivity index (χ3v) is 15.7. The molecule has 0 aromatic carbocycles. The molecular formula is C30H44O4S6. The van der Waals surface area contributed by atoms with E-state index in [0.717, 1.165) is 50.4 Å². The number of hydrogen-bond acceptors (Lipinski definition) is 10. The fraction of sp³-hybridized carbons (Fsp3) is 0.667. The highest BCUT2D eigenvalue weighted by atomic mass is 32.2. The van der Waals surface area contributed by atoms with Crippen LogP contribution in [0.4, 0.5) is 0 Å². The summed E-state index contributed by atoms with van der Waals surface area (Å²) in [5.41, 5.74) is 0. The van der Waals surface area contributed by atoms with E-state index < -0.39 is 0 Å². The van der Waals surface area contributed by atoms with Gasteiger partial charge >= 0.3 is 11.9 Å². The van der Waals surface area contributed by atoms with Crippen molar-refractivity contribution in [2.45, 2.75) is 73.4 Å². The second-order valence-electron chi connectivity index (χ2n) is 10.2. The lowest BCUT2D eigenvalue weighted by Crippen LogP contribution is -2.18. The summed E-state index contributed by atoms with van der Waals surface area (Å²) in [4.78, 5) is 25.2. The molecule has 0 amide bonds. The van der Waals surface area contributed by atoms with Crippen molar-refractivity contribution in [3.8, 4) is 0 Å². The van der Waals surface area contributed by atoms with E-state index in [1.807, 2.05) is 47.0 Å². The molecule has 0 aromatic rings. The summed E-state index contributed by atoms with van der Waals surface area (Å²) in [5.74, 6) is 6.27. The zero-order chi connectivity index (χ0) is 28.4. The van der Waals surface area contributed by atoms with Crippen LogP contribution in [-0.2, 0) is 19.1 Å². The van der Waals surface area contributed by atoms with Crippen LogP contribution in [0.15, 0.2) is 45.9 Å². The first-order valence-electron chi connectivity index (χ1n) is 14.3. The summed E-state index contributed by atoms with van der Waals surface area (Å²) in [6, 6.07) is 0. The third-order valence-electron chi connectivity index (χ3n) is 6.91. The van der Waals surface area contributed by atoms with Crippen molar-refractivity contribution in [2.75, 3.05) is 36.2 Å². The van der Waals surface area contributed by atoms with Crippen molar-refractivity contribution in [3.05, 3.63) is 45.9 Å². The van der Waals surface area contributed by atoms with Crippen molar-refractivity contribution in [2.24, 2.45) is 11.8 Å². The molecule has 1 fully saturated rings. The first kappa shape index (κ1) is 34.5. The standard InChI is InChI=1S/C30H44O4S6/c1-3-27(31)33-15-7-5-9-25-19-37-29(39-25)21-35-17-23-11-13-24(14-12-23)18-36-22-30-38-20-26(40-30)10-6-8-16-34-28(32)4-2/h3-4,19-20,23-24,29-30H,1-2,5-18,21-22H2. The van der Waals surface area contributed by atoms with Crippen LogP contribution in [0.5, 0.6) is 0 Å². The largest absolute Gasteiger partial charge is 0.463 e. The Labute approximate surface area is 267 Å². The summed E-state index contributed by atoms with van der Waals surface area (Å²) in [5, 5.41) is 4.70. The molecule has 2 heterocycles. The maximum Gasteiger partial charge on any atom is 0.330 e. The van der Waals surface area contributed by atoms with Gasteiger partial charge in [-0.1, -0.05) is 13.2 Å². The Kier molecular flexibility index (Phi) is 18.0. The second-order valence-corrected chi connectivity index (χ2v) is 17.7. The third kappa shape index (κ3) is 14.5. The number of carbonyl (C=O) groups is 2. The van der Waals surface area contributed by atoms with Gasteiger partial charge in [0.15, 0.2) is 0 Å². The Bertz CT molecular complexity index is 798. The Hall–Kier alpha value is -0.000000000000000222. The molecule has 4 nitrogen and oxygen atoms in total. The van der Waals surface area contributed by atoms with Gasteiger partial charge in [-0.3, -0.25) is 0 Å². The van der Waals surface area contributed by atoms with Gasteiger partial charge in [-0.15, -0.1) is 47.0 Å². The van der Waals surface area contributed by atoms with Gasteiger partial charge in [0.25, 0.3) is 0 Å². The molecule has 1 aliphatic carbocycles. The van der Waals surface area contributed by atoms with Crippen LogP contribution in [0.25, 0.3) is 0 Å².